The summed E-state index contributed by atoms with van der Waals surface area (Å²) in [5, 5.41) is 3.55. The zero-order chi connectivity index (χ0) is 18.8. The van der Waals surface area contributed by atoms with Crippen LogP contribution in [0.15, 0.2) is 53.5 Å². The number of fused-ring (bicyclic) bond motifs is 2. The fourth-order valence-corrected chi connectivity index (χ4v) is 4.15. The van der Waals surface area contributed by atoms with Gasteiger partial charge in [-0.2, -0.15) is 0 Å². The first-order chi connectivity index (χ1) is 13.1. The summed E-state index contributed by atoms with van der Waals surface area (Å²) in [7, 11) is 0. The molecular formula is C21H21ClN2O3. The number of amides is 1. The lowest BCUT2D eigenvalue weighted by molar-refractivity contribution is 0.0940. The number of allylic oxidation sites excluding steroid dienone is 2. The van der Waals surface area contributed by atoms with E-state index in [9.17, 15) is 9.59 Å². The van der Waals surface area contributed by atoms with Crippen LogP contribution in [0.1, 0.15) is 28.9 Å². The number of H-pyrrole nitrogens is 1. The second kappa shape index (κ2) is 7.61. The van der Waals surface area contributed by atoms with Crippen molar-refractivity contribution in [1.82, 2.24) is 10.3 Å². The van der Waals surface area contributed by atoms with Crippen LogP contribution in [0.3, 0.4) is 0 Å². The van der Waals surface area contributed by atoms with Crippen LogP contribution < -0.4 is 15.5 Å². The van der Waals surface area contributed by atoms with Crippen LogP contribution in [0, 0.1) is 17.8 Å². The highest BCUT2D eigenvalue weighted by atomic mass is 35.5. The van der Waals surface area contributed by atoms with Crippen LogP contribution in [0.4, 0.5) is 0 Å². The number of carbonyl (C=O) groups excluding carboxylic acids is 1. The predicted molar refractivity (Wildman–Crippen MR) is 104 cm³/mol. The highest BCUT2D eigenvalue weighted by molar-refractivity contribution is 6.30. The molecule has 0 unspecified atom stereocenters. The molecule has 2 N–H and O–H groups in total. The minimum absolute atomic E-state index is 0.171. The Kier molecular flexibility index (Phi) is 5.03. The number of hydrogen-bond acceptors (Lipinski definition) is 3. The number of aromatic amines is 1. The number of pyridine rings is 1. The minimum atomic E-state index is -0.330. The summed E-state index contributed by atoms with van der Waals surface area (Å²) in [6, 6.07) is 8.53. The van der Waals surface area contributed by atoms with Crippen LogP contribution in [0.5, 0.6) is 5.75 Å². The Hall–Kier alpha value is -2.53. The van der Waals surface area contributed by atoms with Gasteiger partial charge in [0.15, 0.2) is 5.75 Å². The molecule has 1 saturated carbocycles. The Morgan fingerprint density at radius 3 is 2.85 bits per heavy atom. The third kappa shape index (κ3) is 4.08. The molecule has 0 aliphatic heterocycles. The van der Waals surface area contributed by atoms with E-state index < -0.39 is 0 Å². The van der Waals surface area contributed by atoms with Crippen molar-refractivity contribution in [3.05, 3.63) is 75.2 Å². The predicted octanol–water partition coefficient (Wildman–Crippen LogP) is 3.55. The lowest BCUT2D eigenvalue weighted by Crippen LogP contribution is -2.32. The summed E-state index contributed by atoms with van der Waals surface area (Å²) < 4.78 is 5.55. The Labute approximate surface area is 162 Å². The largest absolute Gasteiger partial charge is 0.483 e. The van der Waals surface area contributed by atoms with Gasteiger partial charge in [0.1, 0.15) is 12.3 Å². The van der Waals surface area contributed by atoms with Crippen molar-refractivity contribution in [1.29, 1.82) is 0 Å². The van der Waals surface area contributed by atoms with Crippen molar-refractivity contribution in [2.24, 2.45) is 17.8 Å². The number of rotatable bonds is 6. The van der Waals surface area contributed by atoms with Gasteiger partial charge in [0, 0.05) is 23.8 Å². The molecule has 0 radical (unpaired) electrons. The van der Waals surface area contributed by atoms with Gasteiger partial charge < -0.3 is 15.0 Å². The van der Waals surface area contributed by atoms with E-state index in [1.807, 2.05) is 12.1 Å². The molecule has 4 rings (SSSR count). The first-order valence-corrected chi connectivity index (χ1v) is 9.53. The van der Waals surface area contributed by atoms with Crippen LogP contribution in [-0.2, 0) is 6.61 Å². The van der Waals surface area contributed by atoms with Crippen LogP contribution in [-0.4, -0.2) is 17.4 Å². The van der Waals surface area contributed by atoms with E-state index in [0.29, 0.717) is 29.3 Å². The number of carbonyl (C=O) groups is 1. The molecule has 140 valence electrons. The Balaban J connectivity index is 1.34. The minimum Gasteiger partial charge on any atom is -0.483 e. The standard InChI is InChI=1S/C21H21ClN2O3/c22-17-3-1-2-14(8-17)12-27-20-11-23-18(9-19(20)25)21(26)24-10-16-7-13-4-5-15(16)6-13/h1-5,8-9,11,13,15-16H,6-7,10,12H2,(H,23,25)(H,24,26)/t13-,15+,16+/m1/s1. The van der Waals surface area contributed by atoms with Gasteiger partial charge in [0.05, 0.1) is 0 Å². The molecule has 1 heterocycles. The van der Waals surface area contributed by atoms with Crippen LogP contribution in [0.25, 0.3) is 0 Å². The van der Waals surface area contributed by atoms with Gasteiger partial charge in [-0.3, -0.25) is 9.59 Å². The molecule has 6 heteroatoms. The molecule has 1 fully saturated rings. The molecule has 2 aliphatic rings. The van der Waals surface area contributed by atoms with Gasteiger partial charge in [-0.1, -0.05) is 35.9 Å². The van der Waals surface area contributed by atoms with Crippen molar-refractivity contribution < 1.29 is 9.53 Å². The van der Waals surface area contributed by atoms with Gasteiger partial charge in [-0.05, 0) is 48.3 Å². The zero-order valence-corrected chi connectivity index (χ0v) is 15.5. The fourth-order valence-electron chi connectivity index (χ4n) is 3.94. The summed E-state index contributed by atoms with van der Waals surface area (Å²) in [4.78, 5) is 27.4. The Morgan fingerprint density at radius 2 is 2.15 bits per heavy atom. The van der Waals surface area contributed by atoms with Gasteiger partial charge in [0.2, 0.25) is 5.43 Å². The van der Waals surface area contributed by atoms with Gasteiger partial charge in [-0.25, -0.2) is 0 Å². The fraction of sp³-hybridized carbons (Fsp3) is 0.333. The van der Waals surface area contributed by atoms with E-state index in [4.69, 9.17) is 16.3 Å². The maximum atomic E-state index is 12.3. The maximum Gasteiger partial charge on any atom is 0.267 e. The summed E-state index contributed by atoms with van der Waals surface area (Å²) in [6.07, 6.45) is 8.31. The number of aromatic nitrogens is 1. The molecule has 3 atom stereocenters. The summed E-state index contributed by atoms with van der Waals surface area (Å²) >= 11 is 5.94. The van der Waals surface area contributed by atoms with Crippen LogP contribution >= 0.6 is 11.6 Å². The van der Waals surface area contributed by atoms with Crippen molar-refractivity contribution >= 4 is 17.5 Å². The quantitative estimate of drug-likeness (QED) is 0.748. The number of nitrogens with one attached hydrogen (secondary N) is 2. The second-order valence-electron chi connectivity index (χ2n) is 7.24. The summed E-state index contributed by atoms with van der Waals surface area (Å²) in [5.41, 5.74) is 0.779. The number of hydrogen-bond donors (Lipinski definition) is 2. The number of halogens is 1. The molecule has 1 amide bonds. The van der Waals surface area contributed by atoms with Crippen molar-refractivity contribution in [3.8, 4) is 5.75 Å². The second-order valence-corrected chi connectivity index (χ2v) is 7.68. The Morgan fingerprint density at radius 1 is 1.26 bits per heavy atom. The molecule has 2 bridgehead atoms. The van der Waals surface area contributed by atoms with E-state index >= 15 is 0 Å². The molecular weight excluding hydrogens is 364 g/mol. The van der Waals surface area contributed by atoms with Crippen molar-refractivity contribution in [2.75, 3.05) is 6.54 Å². The highest BCUT2D eigenvalue weighted by Gasteiger charge is 2.35. The molecule has 2 aromatic rings. The smallest absolute Gasteiger partial charge is 0.267 e. The molecule has 5 nitrogen and oxygen atoms in total. The summed E-state index contributed by atoms with van der Waals surface area (Å²) in [6.45, 7) is 0.867. The molecule has 27 heavy (non-hydrogen) atoms. The average Bonchev–Trinajstić information content (AvgIpc) is 3.28. The number of ether oxygens (including phenoxy) is 1. The van der Waals surface area contributed by atoms with E-state index in [0.717, 1.165) is 12.0 Å². The van der Waals surface area contributed by atoms with E-state index in [1.165, 1.54) is 18.7 Å². The molecule has 1 aromatic heterocycles. The van der Waals surface area contributed by atoms with E-state index in [1.54, 1.807) is 12.1 Å². The molecule has 2 aliphatic carbocycles. The molecule has 0 spiro atoms. The average molecular weight is 385 g/mol. The van der Waals surface area contributed by atoms with Crippen molar-refractivity contribution in [2.45, 2.75) is 19.4 Å². The third-order valence-corrected chi connectivity index (χ3v) is 5.58. The molecule has 0 saturated heterocycles. The maximum absolute atomic E-state index is 12.3. The van der Waals surface area contributed by atoms with Gasteiger partial charge in [-0.15, -0.1) is 0 Å². The lowest BCUT2D eigenvalue weighted by atomic mass is 9.93. The highest BCUT2D eigenvalue weighted by Crippen LogP contribution is 2.42. The van der Waals surface area contributed by atoms with Crippen LogP contribution in [0.2, 0.25) is 5.02 Å². The topological polar surface area (TPSA) is 71.2 Å². The first-order valence-electron chi connectivity index (χ1n) is 9.15. The van der Waals surface area contributed by atoms with Gasteiger partial charge >= 0.3 is 0 Å². The van der Waals surface area contributed by atoms with E-state index in [2.05, 4.69) is 22.5 Å². The normalized spacial score (nSPS) is 22.8. The summed E-state index contributed by atoms with van der Waals surface area (Å²) in [5.74, 6) is 1.66. The monoisotopic (exact) mass is 384 g/mol. The first kappa shape index (κ1) is 17.9. The lowest BCUT2D eigenvalue weighted by Gasteiger charge is -2.18. The van der Waals surface area contributed by atoms with Gasteiger partial charge in [0.25, 0.3) is 5.91 Å². The number of benzene rings is 1. The SMILES string of the molecule is O=C(NC[C@@H]1C[C@@H]2C=C[C@H]1C2)c1cc(=O)c(OCc2cccc(Cl)c2)c[nH]1. The molecule has 1 aromatic carbocycles. The van der Waals surface area contributed by atoms with Crippen molar-refractivity contribution in [3.63, 3.8) is 0 Å². The third-order valence-electron chi connectivity index (χ3n) is 5.35. The Bertz CT molecular complexity index is 937. The van der Waals surface area contributed by atoms with E-state index in [-0.39, 0.29) is 29.4 Å². The zero-order valence-electron chi connectivity index (χ0n) is 14.8.